The highest BCUT2D eigenvalue weighted by Gasteiger charge is 2.09. The Labute approximate surface area is 96.9 Å². The Kier molecular flexibility index (Phi) is 4.32. The Morgan fingerprint density at radius 3 is 2.69 bits per heavy atom. The zero-order chi connectivity index (χ0) is 12.2. The summed E-state index contributed by atoms with van der Waals surface area (Å²) in [4.78, 5) is 0. The lowest BCUT2D eigenvalue weighted by molar-refractivity contribution is 0.600. The lowest BCUT2D eigenvalue weighted by Crippen LogP contribution is -2.16. The predicted octanol–water partition coefficient (Wildman–Crippen LogP) is 1.86. The highest BCUT2D eigenvalue weighted by atomic mass is 32.2. The molecule has 0 aliphatic heterocycles. The molecule has 1 aromatic rings. The van der Waals surface area contributed by atoms with Crippen LogP contribution in [0.5, 0.6) is 0 Å². The van der Waals surface area contributed by atoms with Crippen LogP contribution in [0, 0.1) is 0 Å². The first-order chi connectivity index (χ1) is 7.44. The quantitative estimate of drug-likeness (QED) is 0.827. The predicted molar refractivity (Wildman–Crippen MR) is 66.7 cm³/mol. The summed E-state index contributed by atoms with van der Waals surface area (Å²) in [5, 5.41) is 0. The summed E-state index contributed by atoms with van der Waals surface area (Å²) in [7, 11) is -3.22. The van der Waals surface area contributed by atoms with E-state index in [1.165, 1.54) is 0 Å². The molecular formula is C11H18N2O2S. The van der Waals surface area contributed by atoms with Crippen molar-refractivity contribution in [2.75, 3.05) is 10.5 Å². The maximum absolute atomic E-state index is 11.5. The minimum Gasteiger partial charge on any atom is -0.324 e. The number of anilines is 1. The minimum atomic E-state index is -3.22. The number of rotatable bonds is 5. The van der Waals surface area contributed by atoms with Crippen molar-refractivity contribution < 1.29 is 8.42 Å². The van der Waals surface area contributed by atoms with Crippen LogP contribution in [0.2, 0.25) is 0 Å². The van der Waals surface area contributed by atoms with Gasteiger partial charge in [-0.25, -0.2) is 8.42 Å². The maximum Gasteiger partial charge on any atom is 0.232 e. The highest BCUT2D eigenvalue weighted by molar-refractivity contribution is 7.92. The molecule has 90 valence electrons. The first kappa shape index (κ1) is 13.0. The van der Waals surface area contributed by atoms with Gasteiger partial charge in [0.25, 0.3) is 0 Å². The summed E-state index contributed by atoms with van der Waals surface area (Å²) >= 11 is 0. The summed E-state index contributed by atoms with van der Waals surface area (Å²) in [5.41, 5.74) is 7.21. The van der Waals surface area contributed by atoms with Crippen molar-refractivity contribution in [1.82, 2.24) is 0 Å². The number of benzene rings is 1. The van der Waals surface area contributed by atoms with E-state index in [1.807, 2.05) is 19.9 Å². The molecule has 16 heavy (non-hydrogen) atoms. The SMILES string of the molecule is CCCS(=O)(=O)Nc1cccc(C(C)N)c1. The molecule has 4 nitrogen and oxygen atoms in total. The molecule has 1 rings (SSSR count). The maximum atomic E-state index is 11.5. The van der Waals surface area contributed by atoms with E-state index in [4.69, 9.17) is 5.73 Å². The first-order valence-corrected chi connectivity index (χ1v) is 6.96. The van der Waals surface area contributed by atoms with Crippen LogP contribution >= 0.6 is 0 Å². The summed E-state index contributed by atoms with van der Waals surface area (Å²) in [6.07, 6.45) is 0.600. The molecule has 1 aromatic carbocycles. The van der Waals surface area contributed by atoms with E-state index in [1.54, 1.807) is 18.2 Å². The van der Waals surface area contributed by atoms with Gasteiger partial charge in [0, 0.05) is 11.7 Å². The van der Waals surface area contributed by atoms with E-state index in [0.29, 0.717) is 12.1 Å². The Balaban J connectivity index is 2.86. The lowest BCUT2D eigenvalue weighted by Gasteiger charge is -2.10. The van der Waals surface area contributed by atoms with Gasteiger partial charge in [0.1, 0.15) is 0 Å². The van der Waals surface area contributed by atoms with Crippen LogP contribution in [0.1, 0.15) is 31.9 Å². The van der Waals surface area contributed by atoms with Gasteiger partial charge in [-0.3, -0.25) is 4.72 Å². The van der Waals surface area contributed by atoms with Crippen LogP contribution in [0.3, 0.4) is 0 Å². The topological polar surface area (TPSA) is 72.2 Å². The lowest BCUT2D eigenvalue weighted by atomic mass is 10.1. The van der Waals surface area contributed by atoms with Crippen molar-refractivity contribution in [3.8, 4) is 0 Å². The van der Waals surface area contributed by atoms with Crippen molar-refractivity contribution in [1.29, 1.82) is 0 Å². The van der Waals surface area contributed by atoms with Crippen LogP contribution in [-0.4, -0.2) is 14.2 Å². The Morgan fingerprint density at radius 1 is 1.44 bits per heavy atom. The third-order valence-corrected chi connectivity index (χ3v) is 3.65. The van der Waals surface area contributed by atoms with Crippen LogP contribution in [0.25, 0.3) is 0 Å². The number of hydrogen-bond donors (Lipinski definition) is 2. The Morgan fingerprint density at radius 2 is 2.12 bits per heavy atom. The fourth-order valence-electron chi connectivity index (χ4n) is 1.38. The molecule has 5 heteroatoms. The molecule has 0 amide bonds. The molecule has 0 spiro atoms. The summed E-state index contributed by atoms with van der Waals surface area (Å²) < 4.78 is 25.6. The fourth-order valence-corrected chi connectivity index (χ4v) is 2.51. The van der Waals surface area contributed by atoms with E-state index in [9.17, 15) is 8.42 Å². The van der Waals surface area contributed by atoms with Gasteiger partial charge in [0.05, 0.1) is 5.75 Å². The normalized spacial score (nSPS) is 13.4. The van der Waals surface area contributed by atoms with Gasteiger partial charge in [-0.2, -0.15) is 0 Å². The van der Waals surface area contributed by atoms with E-state index < -0.39 is 10.0 Å². The van der Waals surface area contributed by atoms with Crippen molar-refractivity contribution in [3.63, 3.8) is 0 Å². The largest absolute Gasteiger partial charge is 0.324 e. The summed E-state index contributed by atoms with van der Waals surface area (Å²) in [5.74, 6) is 0.134. The molecule has 0 aliphatic carbocycles. The van der Waals surface area contributed by atoms with Crippen molar-refractivity contribution in [3.05, 3.63) is 29.8 Å². The monoisotopic (exact) mass is 242 g/mol. The fraction of sp³-hybridized carbons (Fsp3) is 0.455. The first-order valence-electron chi connectivity index (χ1n) is 5.30. The average molecular weight is 242 g/mol. The standard InChI is InChI=1S/C11H18N2O2S/c1-3-7-16(14,15)13-11-6-4-5-10(8-11)9(2)12/h4-6,8-9,13H,3,7,12H2,1-2H3. The molecule has 0 aromatic heterocycles. The molecule has 0 radical (unpaired) electrons. The Bertz CT molecular complexity index is 441. The number of sulfonamides is 1. The second-order valence-corrected chi connectivity index (χ2v) is 5.68. The molecular weight excluding hydrogens is 224 g/mol. The van der Waals surface area contributed by atoms with Crippen molar-refractivity contribution in [2.24, 2.45) is 5.73 Å². The molecule has 0 saturated heterocycles. The van der Waals surface area contributed by atoms with E-state index in [-0.39, 0.29) is 11.8 Å². The van der Waals surface area contributed by atoms with E-state index in [2.05, 4.69) is 4.72 Å². The smallest absolute Gasteiger partial charge is 0.232 e. The molecule has 0 fully saturated rings. The van der Waals surface area contributed by atoms with Gasteiger partial charge in [-0.1, -0.05) is 19.1 Å². The zero-order valence-corrected chi connectivity index (χ0v) is 10.4. The van der Waals surface area contributed by atoms with Crippen molar-refractivity contribution in [2.45, 2.75) is 26.3 Å². The molecule has 0 bridgehead atoms. The number of hydrogen-bond acceptors (Lipinski definition) is 3. The molecule has 0 saturated carbocycles. The molecule has 1 atom stereocenters. The van der Waals surface area contributed by atoms with Gasteiger partial charge >= 0.3 is 0 Å². The zero-order valence-electron chi connectivity index (χ0n) is 9.60. The molecule has 1 unspecified atom stereocenters. The van der Waals surface area contributed by atoms with Crippen LogP contribution in [0.4, 0.5) is 5.69 Å². The second kappa shape index (κ2) is 5.32. The summed E-state index contributed by atoms with van der Waals surface area (Å²) in [6, 6.07) is 7.05. The van der Waals surface area contributed by atoms with E-state index >= 15 is 0 Å². The van der Waals surface area contributed by atoms with Crippen LogP contribution < -0.4 is 10.5 Å². The van der Waals surface area contributed by atoms with Crippen molar-refractivity contribution >= 4 is 15.7 Å². The molecule has 0 heterocycles. The van der Waals surface area contributed by atoms with Crippen LogP contribution in [0.15, 0.2) is 24.3 Å². The molecule has 0 aliphatic rings. The number of nitrogens with one attached hydrogen (secondary N) is 1. The number of nitrogens with two attached hydrogens (primary N) is 1. The third-order valence-electron chi connectivity index (χ3n) is 2.16. The van der Waals surface area contributed by atoms with E-state index in [0.717, 1.165) is 5.56 Å². The van der Waals surface area contributed by atoms with Gasteiger partial charge in [-0.15, -0.1) is 0 Å². The van der Waals surface area contributed by atoms with Crippen LogP contribution in [-0.2, 0) is 10.0 Å². The minimum absolute atomic E-state index is 0.101. The Hall–Kier alpha value is -1.07. The van der Waals surface area contributed by atoms with Gasteiger partial charge in [-0.05, 0) is 31.0 Å². The highest BCUT2D eigenvalue weighted by Crippen LogP contribution is 2.16. The summed E-state index contributed by atoms with van der Waals surface area (Å²) in [6.45, 7) is 3.69. The third kappa shape index (κ3) is 3.83. The van der Waals surface area contributed by atoms with Gasteiger partial charge in [0.15, 0.2) is 0 Å². The molecule has 3 N–H and O–H groups in total. The van der Waals surface area contributed by atoms with Gasteiger partial charge in [0.2, 0.25) is 10.0 Å². The second-order valence-electron chi connectivity index (χ2n) is 3.84. The average Bonchev–Trinajstić information content (AvgIpc) is 2.17. The van der Waals surface area contributed by atoms with Gasteiger partial charge < -0.3 is 5.73 Å².